The van der Waals surface area contributed by atoms with E-state index in [0.29, 0.717) is 24.3 Å². The third-order valence-electron chi connectivity index (χ3n) is 1.91. The van der Waals surface area contributed by atoms with Gasteiger partial charge in [0.05, 0.1) is 19.1 Å². The van der Waals surface area contributed by atoms with Crippen LogP contribution in [-0.4, -0.2) is 47.3 Å². The highest BCUT2D eigenvalue weighted by Gasteiger charge is 2.06. The minimum atomic E-state index is -3.46. The van der Waals surface area contributed by atoms with Gasteiger partial charge in [0, 0.05) is 5.75 Å². The molecule has 110 valence electrons. The fourth-order valence-corrected chi connectivity index (χ4v) is 2.16. The van der Waals surface area contributed by atoms with Crippen molar-refractivity contribution in [2.45, 2.75) is 32.4 Å². The van der Waals surface area contributed by atoms with E-state index in [0.717, 1.165) is 12.0 Å². The Hall–Kier alpha value is -0.640. The van der Waals surface area contributed by atoms with Crippen molar-refractivity contribution >= 4 is 21.9 Å². The molecule has 0 bridgehead atoms. The van der Waals surface area contributed by atoms with Gasteiger partial charge in [-0.15, -0.1) is 5.10 Å². The first-order valence-electron chi connectivity index (χ1n) is 5.79. The van der Waals surface area contributed by atoms with Crippen molar-refractivity contribution in [3.05, 3.63) is 11.9 Å². The zero-order chi connectivity index (χ0) is 14.3. The molecular formula is C10H19N3O4S2. The van der Waals surface area contributed by atoms with E-state index in [9.17, 15) is 8.42 Å². The lowest BCUT2D eigenvalue weighted by atomic mass is 10.5. The van der Waals surface area contributed by atoms with Crippen LogP contribution in [0.15, 0.2) is 6.20 Å². The molecule has 0 aliphatic carbocycles. The number of nitrogens with zero attached hydrogens (tertiary/aromatic N) is 3. The lowest BCUT2D eigenvalue weighted by molar-refractivity contribution is 0.0797. The summed E-state index contributed by atoms with van der Waals surface area (Å²) < 4.78 is 33.1. The van der Waals surface area contributed by atoms with Crippen LogP contribution < -0.4 is 0 Å². The van der Waals surface area contributed by atoms with Gasteiger partial charge >= 0.3 is 0 Å². The molecule has 0 atom stereocenters. The van der Waals surface area contributed by atoms with Crippen molar-refractivity contribution in [2.75, 3.05) is 18.6 Å². The molecule has 0 fully saturated rings. The van der Waals surface area contributed by atoms with Crippen molar-refractivity contribution in [1.29, 1.82) is 0 Å². The summed E-state index contributed by atoms with van der Waals surface area (Å²) in [5, 5.41) is 8.19. The van der Waals surface area contributed by atoms with E-state index < -0.39 is 10.1 Å². The van der Waals surface area contributed by atoms with Crippen LogP contribution in [0.4, 0.5) is 0 Å². The highest BCUT2D eigenvalue weighted by molar-refractivity contribution is 7.99. The SMILES string of the molecule is CC(C)SCCOCn1cc(COS(C)(=O)=O)nn1. The molecule has 0 amide bonds. The molecule has 9 heteroatoms. The Labute approximate surface area is 117 Å². The van der Waals surface area contributed by atoms with Gasteiger partial charge in [0.1, 0.15) is 19.0 Å². The monoisotopic (exact) mass is 309 g/mol. The van der Waals surface area contributed by atoms with Crippen LogP contribution in [0.25, 0.3) is 0 Å². The maximum Gasteiger partial charge on any atom is 0.264 e. The van der Waals surface area contributed by atoms with E-state index in [-0.39, 0.29) is 6.61 Å². The van der Waals surface area contributed by atoms with Crippen LogP contribution in [0.3, 0.4) is 0 Å². The average Bonchev–Trinajstić information content (AvgIpc) is 2.72. The van der Waals surface area contributed by atoms with E-state index in [1.807, 2.05) is 11.8 Å². The molecule has 1 heterocycles. The summed E-state index contributed by atoms with van der Waals surface area (Å²) in [5.74, 6) is 0.927. The van der Waals surface area contributed by atoms with E-state index in [1.165, 1.54) is 4.68 Å². The van der Waals surface area contributed by atoms with Gasteiger partial charge in [0.2, 0.25) is 0 Å². The lowest BCUT2D eigenvalue weighted by Gasteiger charge is -2.05. The summed E-state index contributed by atoms with van der Waals surface area (Å²) in [6, 6.07) is 0. The molecule has 0 spiro atoms. The first-order valence-corrected chi connectivity index (χ1v) is 8.66. The Bertz CT molecular complexity index is 473. The van der Waals surface area contributed by atoms with E-state index >= 15 is 0 Å². The minimum absolute atomic E-state index is 0.109. The molecule has 1 aromatic heterocycles. The Balaban J connectivity index is 2.23. The number of rotatable bonds is 9. The topological polar surface area (TPSA) is 83.3 Å². The first-order chi connectivity index (χ1) is 8.87. The summed E-state index contributed by atoms with van der Waals surface area (Å²) in [5.41, 5.74) is 0.450. The minimum Gasteiger partial charge on any atom is -0.358 e. The van der Waals surface area contributed by atoms with Crippen molar-refractivity contribution in [2.24, 2.45) is 0 Å². The van der Waals surface area contributed by atoms with Crippen molar-refractivity contribution in [3.8, 4) is 0 Å². The summed E-state index contributed by atoms with van der Waals surface area (Å²) in [6.07, 6.45) is 2.59. The van der Waals surface area contributed by atoms with Gasteiger partial charge in [-0.2, -0.15) is 20.2 Å². The molecule has 0 aliphatic heterocycles. The van der Waals surface area contributed by atoms with Crippen LogP contribution in [0, 0.1) is 0 Å². The molecule has 19 heavy (non-hydrogen) atoms. The Morgan fingerprint density at radius 2 is 2.21 bits per heavy atom. The zero-order valence-corrected chi connectivity index (χ0v) is 12.9. The van der Waals surface area contributed by atoms with Gasteiger partial charge in [-0.25, -0.2) is 4.68 Å². The number of thioether (sulfide) groups is 1. The summed E-state index contributed by atoms with van der Waals surface area (Å²) in [7, 11) is -3.46. The van der Waals surface area contributed by atoms with Crippen LogP contribution in [0.2, 0.25) is 0 Å². The molecule has 0 unspecified atom stereocenters. The van der Waals surface area contributed by atoms with Gasteiger partial charge < -0.3 is 4.74 Å². The highest BCUT2D eigenvalue weighted by atomic mass is 32.2. The van der Waals surface area contributed by atoms with Crippen LogP contribution in [0.5, 0.6) is 0 Å². The molecule has 1 aromatic rings. The predicted octanol–water partition coefficient (Wildman–Crippen LogP) is 0.870. The normalized spacial score (nSPS) is 12.2. The maximum absolute atomic E-state index is 10.8. The van der Waals surface area contributed by atoms with E-state index in [2.05, 4.69) is 28.3 Å². The van der Waals surface area contributed by atoms with E-state index in [1.54, 1.807) is 6.20 Å². The second-order valence-corrected chi connectivity index (χ2v) is 7.50. The van der Waals surface area contributed by atoms with Gasteiger partial charge in [-0.1, -0.05) is 19.1 Å². The van der Waals surface area contributed by atoms with Gasteiger partial charge in [-0.05, 0) is 5.25 Å². The van der Waals surface area contributed by atoms with Gasteiger partial charge in [0.15, 0.2) is 0 Å². The summed E-state index contributed by atoms with van der Waals surface area (Å²) in [6.45, 7) is 5.09. The van der Waals surface area contributed by atoms with Crippen molar-refractivity contribution in [1.82, 2.24) is 15.0 Å². The standard InChI is InChI=1S/C10H19N3O4S2/c1-9(2)18-5-4-16-8-13-6-10(11-12-13)7-17-19(3,14)15/h6,9H,4-5,7-8H2,1-3H3. The largest absolute Gasteiger partial charge is 0.358 e. The van der Waals surface area contributed by atoms with Crippen LogP contribution in [0.1, 0.15) is 19.5 Å². The van der Waals surface area contributed by atoms with Crippen LogP contribution in [-0.2, 0) is 32.4 Å². The van der Waals surface area contributed by atoms with Crippen LogP contribution >= 0.6 is 11.8 Å². The molecule has 0 saturated carbocycles. The molecule has 0 saturated heterocycles. The average molecular weight is 309 g/mol. The third kappa shape index (κ3) is 8.19. The highest BCUT2D eigenvalue weighted by Crippen LogP contribution is 2.08. The third-order valence-corrected chi connectivity index (χ3v) is 3.52. The Kier molecular flexibility index (Phi) is 6.76. The zero-order valence-electron chi connectivity index (χ0n) is 11.3. The summed E-state index contributed by atoms with van der Waals surface area (Å²) in [4.78, 5) is 0. The maximum atomic E-state index is 10.8. The number of hydrogen-bond acceptors (Lipinski definition) is 7. The van der Waals surface area contributed by atoms with E-state index in [4.69, 9.17) is 4.74 Å². The molecule has 0 aliphatic rings. The van der Waals surface area contributed by atoms with Crippen molar-refractivity contribution in [3.63, 3.8) is 0 Å². The first kappa shape index (κ1) is 16.4. The van der Waals surface area contributed by atoms with Crippen molar-refractivity contribution < 1.29 is 17.3 Å². The fraction of sp³-hybridized carbons (Fsp3) is 0.800. The molecule has 1 rings (SSSR count). The summed E-state index contributed by atoms with van der Waals surface area (Å²) >= 11 is 1.83. The Morgan fingerprint density at radius 3 is 2.84 bits per heavy atom. The quantitative estimate of drug-likeness (QED) is 0.494. The van der Waals surface area contributed by atoms with Gasteiger partial charge in [-0.3, -0.25) is 4.18 Å². The molecule has 7 nitrogen and oxygen atoms in total. The Morgan fingerprint density at radius 1 is 1.47 bits per heavy atom. The molecule has 0 aromatic carbocycles. The smallest absolute Gasteiger partial charge is 0.264 e. The molecular weight excluding hydrogens is 290 g/mol. The number of hydrogen-bond donors (Lipinski definition) is 0. The fourth-order valence-electron chi connectivity index (χ4n) is 1.14. The van der Waals surface area contributed by atoms with Gasteiger partial charge in [0.25, 0.3) is 10.1 Å². The molecule has 0 N–H and O–H groups in total. The predicted molar refractivity (Wildman–Crippen MR) is 73.2 cm³/mol. The second-order valence-electron chi connectivity index (χ2n) is 4.17. The number of ether oxygens (including phenoxy) is 1. The molecule has 0 radical (unpaired) electrons. The number of aromatic nitrogens is 3. The second kappa shape index (κ2) is 7.83. The lowest BCUT2D eigenvalue weighted by Crippen LogP contribution is -2.06.